The second kappa shape index (κ2) is 12.7. The second-order valence-corrected chi connectivity index (χ2v) is 13.9. The Kier molecular flexibility index (Phi) is 10.0. The molecule has 214 valence electrons. The van der Waals surface area contributed by atoms with Crippen molar-refractivity contribution in [2.24, 2.45) is 52.1 Å². The standard InChI is InChI=1S/C31H58N4O2/c1-21(7-10-28(37)33-4)24-8-9-25-29-26(12-14-31(24,25)3)30(2)13-11-23(19-22(30)20-27(29)36)35-18-6-17-34-16-5-15-32/h21-27,29,34-36H,5-20,32H2,1-4H3,(H,33,37)/t21-,22?,23+,24?,25?,26?,27-,29?,30+,31-/m1/s1. The fraction of sp³-hybridized carbons (Fsp3) is 0.968. The summed E-state index contributed by atoms with van der Waals surface area (Å²) in [5.41, 5.74) is 6.28. The number of aliphatic hydroxyl groups is 1. The highest BCUT2D eigenvalue weighted by molar-refractivity contribution is 5.75. The minimum absolute atomic E-state index is 0.141. The lowest BCUT2D eigenvalue weighted by molar-refractivity contribution is -0.167. The third-order valence-electron chi connectivity index (χ3n) is 12.1. The third kappa shape index (κ3) is 6.07. The van der Waals surface area contributed by atoms with Crippen molar-refractivity contribution >= 4 is 5.91 Å². The van der Waals surface area contributed by atoms with Gasteiger partial charge in [0.25, 0.3) is 0 Å². The number of rotatable bonds is 12. The van der Waals surface area contributed by atoms with E-state index in [1.54, 1.807) is 7.05 Å². The first-order valence-electron chi connectivity index (χ1n) is 15.8. The lowest BCUT2D eigenvalue weighted by atomic mass is 9.43. The molecular formula is C31H58N4O2. The first-order chi connectivity index (χ1) is 17.7. The maximum Gasteiger partial charge on any atom is 0.219 e. The lowest BCUT2D eigenvalue weighted by Crippen LogP contribution is -2.59. The topological polar surface area (TPSA) is 99.4 Å². The van der Waals surface area contributed by atoms with Crippen LogP contribution in [0, 0.1) is 46.3 Å². The highest BCUT2D eigenvalue weighted by Gasteiger charge is 2.62. The van der Waals surface area contributed by atoms with Crippen LogP contribution < -0.4 is 21.7 Å². The van der Waals surface area contributed by atoms with Crippen molar-refractivity contribution in [2.75, 3.05) is 33.2 Å². The molecule has 4 fully saturated rings. The van der Waals surface area contributed by atoms with Crippen molar-refractivity contribution in [3.63, 3.8) is 0 Å². The number of hydrogen-bond donors (Lipinski definition) is 5. The number of fused-ring (bicyclic) bond motifs is 5. The molecule has 0 aliphatic heterocycles. The molecular weight excluding hydrogens is 460 g/mol. The number of nitrogens with one attached hydrogen (secondary N) is 3. The Bertz CT molecular complexity index is 749. The Morgan fingerprint density at radius 3 is 2.49 bits per heavy atom. The summed E-state index contributed by atoms with van der Waals surface area (Å²) in [6.07, 6.45) is 13.7. The molecule has 6 N–H and O–H groups in total. The molecule has 0 radical (unpaired) electrons. The van der Waals surface area contributed by atoms with Crippen molar-refractivity contribution in [3.05, 3.63) is 0 Å². The molecule has 4 rings (SSSR count). The van der Waals surface area contributed by atoms with E-state index < -0.39 is 0 Å². The van der Waals surface area contributed by atoms with E-state index in [2.05, 4.69) is 36.7 Å². The van der Waals surface area contributed by atoms with Crippen LogP contribution in [0.15, 0.2) is 0 Å². The molecule has 0 spiro atoms. The van der Waals surface area contributed by atoms with Gasteiger partial charge in [-0.15, -0.1) is 0 Å². The van der Waals surface area contributed by atoms with Crippen LogP contribution >= 0.6 is 0 Å². The van der Waals surface area contributed by atoms with Gasteiger partial charge in [0, 0.05) is 19.5 Å². The normalized spacial score (nSPS) is 41.9. The van der Waals surface area contributed by atoms with E-state index in [0.717, 1.165) is 45.4 Å². The van der Waals surface area contributed by atoms with E-state index >= 15 is 0 Å². The zero-order valence-corrected chi connectivity index (χ0v) is 24.4. The smallest absolute Gasteiger partial charge is 0.219 e. The van der Waals surface area contributed by atoms with E-state index in [9.17, 15) is 9.90 Å². The maximum absolute atomic E-state index is 11.9. The molecule has 0 saturated heterocycles. The molecule has 0 heterocycles. The Hall–Kier alpha value is -0.690. The van der Waals surface area contributed by atoms with Gasteiger partial charge in [-0.2, -0.15) is 0 Å². The number of hydrogen-bond acceptors (Lipinski definition) is 5. The third-order valence-corrected chi connectivity index (χ3v) is 12.1. The Morgan fingerprint density at radius 2 is 1.73 bits per heavy atom. The first-order valence-corrected chi connectivity index (χ1v) is 15.8. The molecule has 0 aromatic heterocycles. The predicted molar refractivity (Wildman–Crippen MR) is 152 cm³/mol. The molecule has 5 unspecified atom stereocenters. The van der Waals surface area contributed by atoms with Crippen molar-refractivity contribution < 1.29 is 9.90 Å². The van der Waals surface area contributed by atoms with Gasteiger partial charge in [0.1, 0.15) is 0 Å². The largest absolute Gasteiger partial charge is 0.393 e. The van der Waals surface area contributed by atoms with Crippen LogP contribution in [0.2, 0.25) is 0 Å². The summed E-state index contributed by atoms with van der Waals surface area (Å²) in [6, 6.07) is 0.608. The summed E-state index contributed by atoms with van der Waals surface area (Å²) in [7, 11) is 1.74. The van der Waals surface area contributed by atoms with Crippen molar-refractivity contribution in [1.82, 2.24) is 16.0 Å². The Labute approximate surface area is 227 Å². The lowest BCUT2D eigenvalue weighted by Gasteiger charge is -2.62. The van der Waals surface area contributed by atoms with E-state index in [-0.39, 0.29) is 12.0 Å². The van der Waals surface area contributed by atoms with Gasteiger partial charge < -0.3 is 26.8 Å². The highest BCUT2D eigenvalue weighted by Crippen LogP contribution is 2.68. The van der Waals surface area contributed by atoms with Crippen LogP contribution in [0.5, 0.6) is 0 Å². The van der Waals surface area contributed by atoms with E-state index in [1.165, 1.54) is 51.4 Å². The number of nitrogens with two attached hydrogens (primary N) is 1. The van der Waals surface area contributed by atoms with Gasteiger partial charge in [0.05, 0.1) is 6.10 Å². The van der Waals surface area contributed by atoms with Gasteiger partial charge >= 0.3 is 0 Å². The summed E-state index contributed by atoms with van der Waals surface area (Å²) in [4.78, 5) is 11.9. The summed E-state index contributed by atoms with van der Waals surface area (Å²) < 4.78 is 0. The molecule has 10 atom stereocenters. The number of carbonyl (C=O) groups excluding carboxylic acids is 1. The molecule has 4 aliphatic rings. The SMILES string of the molecule is CNC(=O)CC[C@@H](C)C1CCC2C3C(CC[C@@]21C)[C@@]1(C)CC[C@H](NCCCNCCCN)CC1C[C@H]3O. The van der Waals surface area contributed by atoms with E-state index in [1.807, 2.05) is 0 Å². The number of amides is 1. The maximum atomic E-state index is 11.9. The zero-order valence-electron chi connectivity index (χ0n) is 24.4. The highest BCUT2D eigenvalue weighted by atomic mass is 16.3. The quantitative estimate of drug-likeness (QED) is 0.251. The zero-order chi connectivity index (χ0) is 26.6. The van der Waals surface area contributed by atoms with Gasteiger partial charge in [-0.1, -0.05) is 20.8 Å². The van der Waals surface area contributed by atoms with E-state index in [4.69, 9.17) is 5.73 Å². The molecule has 0 bridgehead atoms. The average molecular weight is 519 g/mol. The number of carbonyl (C=O) groups is 1. The van der Waals surface area contributed by atoms with Crippen LogP contribution in [0.3, 0.4) is 0 Å². The molecule has 4 saturated carbocycles. The predicted octanol–water partition coefficient (Wildman–Crippen LogP) is 4.07. The molecule has 37 heavy (non-hydrogen) atoms. The van der Waals surface area contributed by atoms with Crippen LogP contribution in [-0.2, 0) is 4.79 Å². The minimum Gasteiger partial charge on any atom is -0.393 e. The van der Waals surface area contributed by atoms with Crippen LogP contribution in [0.1, 0.15) is 97.8 Å². The molecule has 6 heteroatoms. The minimum atomic E-state index is -0.141. The van der Waals surface area contributed by atoms with Crippen molar-refractivity contribution in [3.8, 4) is 0 Å². The summed E-state index contributed by atoms with van der Waals surface area (Å²) in [6.45, 7) is 11.5. The molecule has 0 aromatic carbocycles. The Balaban J connectivity index is 1.34. The van der Waals surface area contributed by atoms with Crippen LogP contribution in [0.25, 0.3) is 0 Å². The van der Waals surface area contributed by atoms with Gasteiger partial charge in [0.15, 0.2) is 0 Å². The molecule has 4 aliphatic carbocycles. The fourth-order valence-corrected chi connectivity index (χ4v) is 9.94. The fourth-order valence-electron chi connectivity index (χ4n) is 9.94. The van der Waals surface area contributed by atoms with Crippen LogP contribution in [-0.4, -0.2) is 56.4 Å². The van der Waals surface area contributed by atoms with Gasteiger partial charge in [-0.05, 0) is 143 Å². The summed E-state index contributed by atoms with van der Waals surface area (Å²) in [5, 5.41) is 21.8. The molecule has 1 amide bonds. The van der Waals surface area contributed by atoms with Gasteiger partial charge in [-0.3, -0.25) is 4.79 Å². The second-order valence-electron chi connectivity index (χ2n) is 13.9. The molecule has 6 nitrogen and oxygen atoms in total. The first kappa shape index (κ1) is 29.3. The summed E-state index contributed by atoms with van der Waals surface area (Å²) in [5.74, 6) is 3.86. The number of aliphatic hydroxyl groups excluding tert-OH is 1. The summed E-state index contributed by atoms with van der Waals surface area (Å²) >= 11 is 0. The van der Waals surface area contributed by atoms with Crippen LogP contribution in [0.4, 0.5) is 0 Å². The Morgan fingerprint density at radius 1 is 1.00 bits per heavy atom. The van der Waals surface area contributed by atoms with Gasteiger partial charge in [-0.25, -0.2) is 0 Å². The molecule has 0 aromatic rings. The monoisotopic (exact) mass is 518 g/mol. The van der Waals surface area contributed by atoms with Gasteiger partial charge in [0.2, 0.25) is 5.91 Å². The van der Waals surface area contributed by atoms with E-state index in [0.29, 0.717) is 58.8 Å². The van der Waals surface area contributed by atoms with Crippen molar-refractivity contribution in [2.45, 2.75) is 110 Å². The van der Waals surface area contributed by atoms with Crippen molar-refractivity contribution in [1.29, 1.82) is 0 Å². The average Bonchev–Trinajstić information content (AvgIpc) is 3.24.